The summed E-state index contributed by atoms with van der Waals surface area (Å²) < 4.78 is 8.76. The van der Waals surface area contributed by atoms with Crippen LogP contribution in [0, 0.1) is 11.3 Å². The molecule has 32 heavy (non-hydrogen) atoms. The van der Waals surface area contributed by atoms with Crippen LogP contribution in [-0.4, -0.2) is 29.5 Å². The van der Waals surface area contributed by atoms with Crippen LogP contribution in [0.3, 0.4) is 0 Å². The lowest BCUT2D eigenvalue weighted by atomic mass is 9.97. The maximum absolute atomic E-state index is 12.8. The van der Waals surface area contributed by atoms with Gasteiger partial charge in [0.25, 0.3) is 0 Å². The van der Waals surface area contributed by atoms with Gasteiger partial charge in [-0.3, -0.25) is 4.72 Å². The minimum absolute atomic E-state index is 0.308. The molecule has 3 heterocycles. The number of anilines is 1. The second-order valence-corrected chi connectivity index (χ2v) is 8.99. The number of likely N-dealkylation sites (N-methyl/N-ethyl adjacent to an activating group) is 1. The quantitative estimate of drug-likeness (QED) is 0.574. The maximum atomic E-state index is 12.8. The summed E-state index contributed by atoms with van der Waals surface area (Å²) in [5.74, 6) is 1.00. The molecule has 3 aromatic rings. The van der Waals surface area contributed by atoms with E-state index in [9.17, 15) is 10.1 Å². The number of rotatable bonds is 4. The van der Waals surface area contributed by atoms with Crippen LogP contribution in [0.2, 0.25) is 0 Å². The molecule has 162 valence electrons. The van der Waals surface area contributed by atoms with Gasteiger partial charge in [0.15, 0.2) is 5.09 Å². The molecule has 0 radical (unpaired) electrons. The standard InChI is InChI=1S/C24H23N5O2S/c1-29-10-8-21-17(14-29)12-22(31-21)32-28-24(30)27-23-19-4-2-3-15(19)5-6-20(23)16-7-9-26-18(11-16)13-25/h5-7,9,11-12H,2-4,8,10,14H2,1H3,(H2,27,28,30). The number of urea groups is 1. The molecule has 2 aromatic heterocycles. The number of carbonyl (C=O) groups excluding carboxylic acids is 1. The monoisotopic (exact) mass is 445 g/mol. The van der Waals surface area contributed by atoms with Gasteiger partial charge in [-0.2, -0.15) is 5.26 Å². The summed E-state index contributed by atoms with van der Waals surface area (Å²) in [6.45, 7) is 1.84. The second kappa shape index (κ2) is 8.69. The van der Waals surface area contributed by atoms with Gasteiger partial charge in [0.2, 0.25) is 0 Å². The Hall–Kier alpha value is -3.28. The van der Waals surface area contributed by atoms with E-state index in [-0.39, 0.29) is 6.03 Å². The van der Waals surface area contributed by atoms with Crippen LogP contribution in [0.1, 0.15) is 34.6 Å². The molecule has 7 nitrogen and oxygen atoms in total. The number of aromatic nitrogens is 1. The van der Waals surface area contributed by atoms with Crippen LogP contribution in [-0.2, 0) is 25.8 Å². The number of amides is 2. The number of hydrogen-bond donors (Lipinski definition) is 2. The molecule has 0 bridgehead atoms. The minimum atomic E-state index is -0.308. The molecule has 1 aromatic carbocycles. The number of benzene rings is 1. The molecule has 0 saturated heterocycles. The van der Waals surface area contributed by atoms with Crippen LogP contribution in [0.5, 0.6) is 0 Å². The molecule has 0 atom stereocenters. The van der Waals surface area contributed by atoms with Crippen molar-refractivity contribution in [3.63, 3.8) is 0 Å². The fourth-order valence-corrected chi connectivity index (χ4v) is 5.03. The van der Waals surface area contributed by atoms with Crippen molar-refractivity contribution in [2.24, 2.45) is 0 Å². The Morgan fingerprint density at radius 3 is 3.00 bits per heavy atom. The van der Waals surface area contributed by atoms with E-state index in [1.807, 2.05) is 18.2 Å². The molecule has 0 fully saturated rings. The number of nitriles is 1. The fourth-order valence-electron chi connectivity index (χ4n) is 4.44. The lowest BCUT2D eigenvalue weighted by Gasteiger charge is -2.20. The van der Waals surface area contributed by atoms with E-state index in [2.05, 4.69) is 39.1 Å². The molecule has 2 aliphatic rings. The van der Waals surface area contributed by atoms with Gasteiger partial charge in [0, 0.05) is 48.8 Å². The summed E-state index contributed by atoms with van der Waals surface area (Å²) in [5.41, 5.74) is 6.49. The first kappa shape index (κ1) is 20.6. The lowest BCUT2D eigenvalue weighted by Crippen LogP contribution is -2.25. The summed E-state index contributed by atoms with van der Waals surface area (Å²) in [4.78, 5) is 19.1. The van der Waals surface area contributed by atoms with Crippen molar-refractivity contribution in [3.05, 3.63) is 64.7 Å². The van der Waals surface area contributed by atoms with Crippen LogP contribution in [0.15, 0.2) is 46.0 Å². The number of carbonyl (C=O) groups is 1. The molecule has 2 amide bonds. The second-order valence-electron chi connectivity index (χ2n) is 8.18. The van der Waals surface area contributed by atoms with Crippen molar-refractivity contribution < 1.29 is 9.21 Å². The van der Waals surface area contributed by atoms with Gasteiger partial charge in [-0.05, 0) is 61.2 Å². The third-order valence-electron chi connectivity index (χ3n) is 5.99. The molecule has 0 spiro atoms. The van der Waals surface area contributed by atoms with E-state index >= 15 is 0 Å². The van der Waals surface area contributed by atoms with Crippen LogP contribution >= 0.6 is 11.9 Å². The van der Waals surface area contributed by atoms with Crippen molar-refractivity contribution in [2.75, 3.05) is 18.9 Å². The van der Waals surface area contributed by atoms with E-state index in [0.717, 1.165) is 66.9 Å². The molecule has 8 heteroatoms. The fraction of sp³-hybridized carbons (Fsp3) is 0.292. The highest BCUT2D eigenvalue weighted by Crippen LogP contribution is 2.37. The van der Waals surface area contributed by atoms with E-state index < -0.39 is 0 Å². The molecule has 2 N–H and O–H groups in total. The molecule has 0 saturated carbocycles. The van der Waals surface area contributed by atoms with Crippen molar-refractivity contribution in [3.8, 4) is 17.2 Å². The van der Waals surface area contributed by atoms with E-state index in [4.69, 9.17) is 4.42 Å². The van der Waals surface area contributed by atoms with Crippen LogP contribution in [0.4, 0.5) is 10.5 Å². The lowest BCUT2D eigenvalue weighted by molar-refractivity contribution is 0.257. The summed E-state index contributed by atoms with van der Waals surface area (Å²) in [6.07, 6.45) is 5.50. The van der Waals surface area contributed by atoms with E-state index in [1.165, 1.54) is 23.1 Å². The van der Waals surface area contributed by atoms with Crippen LogP contribution in [0.25, 0.3) is 11.1 Å². The number of pyridine rings is 1. The summed E-state index contributed by atoms with van der Waals surface area (Å²) in [6, 6.07) is 11.5. The van der Waals surface area contributed by atoms with E-state index in [0.29, 0.717) is 10.8 Å². The van der Waals surface area contributed by atoms with Gasteiger partial charge in [0.1, 0.15) is 17.5 Å². The number of aryl methyl sites for hydroxylation is 1. The normalized spacial score (nSPS) is 15.0. The highest BCUT2D eigenvalue weighted by Gasteiger charge is 2.22. The third-order valence-corrected chi connectivity index (χ3v) is 6.68. The highest BCUT2D eigenvalue weighted by atomic mass is 32.2. The third kappa shape index (κ3) is 4.09. The van der Waals surface area contributed by atoms with Crippen LogP contribution < -0.4 is 10.0 Å². The van der Waals surface area contributed by atoms with Gasteiger partial charge in [0.05, 0.1) is 5.69 Å². The smallest absolute Gasteiger partial charge is 0.329 e. The topological polar surface area (TPSA) is 94.2 Å². The first-order valence-corrected chi connectivity index (χ1v) is 11.5. The number of nitrogens with zero attached hydrogens (tertiary/aromatic N) is 3. The van der Waals surface area contributed by atoms with Gasteiger partial charge in [-0.1, -0.05) is 12.1 Å². The SMILES string of the molecule is CN1CCc2oc(SNC(=O)Nc3c(-c4ccnc(C#N)c4)ccc4c3CCC4)cc2C1. The predicted octanol–water partition coefficient (Wildman–Crippen LogP) is 4.52. The summed E-state index contributed by atoms with van der Waals surface area (Å²) in [7, 11) is 2.09. The minimum Gasteiger partial charge on any atom is -0.453 e. The number of nitrogens with one attached hydrogen (secondary N) is 2. The number of hydrogen-bond acceptors (Lipinski definition) is 6. The Labute approximate surface area is 191 Å². The molecule has 5 rings (SSSR count). The first-order chi connectivity index (χ1) is 15.6. The van der Waals surface area contributed by atoms with Gasteiger partial charge in [-0.15, -0.1) is 0 Å². The largest absolute Gasteiger partial charge is 0.453 e. The van der Waals surface area contributed by atoms with E-state index in [1.54, 1.807) is 12.3 Å². The zero-order valence-electron chi connectivity index (χ0n) is 17.8. The number of fused-ring (bicyclic) bond motifs is 2. The van der Waals surface area contributed by atoms with Gasteiger partial charge in [-0.25, -0.2) is 9.78 Å². The Morgan fingerprint density at radius 2 is 2.12 bits per heavy atom. The van der Waals surface area contributed by atoms with Crippen molar-refractivity contribution >= 4 is 23.7 Å². The Bertz CT molecular complexity index is 1230. The van der Waals surface area contributed by atoms with Crippen molar-refractivity contribution in [1.29, 1.82) is 5.26 Å². The predicted molar refractivity (Wildman–Crippen MR) is 123 cm³/mol. The zero-order valence-corrected chi connectivity index (χ0v) is 18.6. The molecule has 1 aliphatic carbocycles. The maximum Gasteiger partial charge on any atom is 0.329 e. The average Bonchev–Trinajstić information content (AvgIpc) is 3.44. The van der Waals surface area contributed by atoms with Crippen molar-refractivity contribution in [1.82, 2.24) is 14.6 Å². The molecule has 0 unspecified atom stereocenters. The highest BCUT2D eigenvalue weighted by molar-refractivity contribution is 7.97. The summed E-state index contributed by atoms with van der Waals surface area (Å²) >= 11 is 1.18. The summed E-state index contributed by atoms with van der Waals surface area (Å²) in [5, 5.41) is 13.0. The molecular weight excluding hydrogens is 422 g/mol. The zero-order chi connectivity index (χ0) is 22.1. The molecular formula is C24H23N5O2S. The molecule has 1 aliphatic heterocycles. The van der Waals surface area contributed by atoms with Crippen molar-refractivity contribution in [2.45, 2.75) is 37.3 Å². The van der Waals surface area contributed by atoms with Gasteiger partial charge >= 0.3 is 6.03 Å². The number of furan rings is 1. The van der Waals surface area contributed by atoms with Gasteiger partial charge < -0.3 is 14.6 Å². The Balaban J connectivity index is 1.36. The first-order valence-electron chi connectivity index (χ1n) is 10.7. The average molecular weight is 446 g/mol. The Kier molecular flexibility index (Phi) is 5.60. The Morgan fingerprint density at radius 1 is 1.22 bits per heavy atom.